The van der Waals surface area contributed by atoms with Crippen LogP contribution in [0.2, 0.25) is 0 Å². The predicted molar refractivity (Wildman–Crippen MR) is 96.2 cm³/mol. The zero-order valence-electron chi connectivity index (χ0n) is 14.6. The third-order valence-electron chi connectivity index (χ3n) is 4.09. The molecule has 2 aromatic rings. The van der Waals surface area contributed by atoms with Crippen molar-refractivity contribution in [1.29, 1.82) is 0 Å². The second-order valence-corrected chi connectivity index (χ2v) is 6.20. The lowest BCUT2D eigenvalue weighted by molar-refractivity contribution is -0.385. The minimum Gasteiger partial charge on any atom is -0.481 e. The van der Waals surface area contributed by atoms with E-state index in [-0.39, 0.29) is 24.2 Å². The summed E-state index contributed by atoms with van der Waals surface area (Å²) in [5.41, 5.74) is 2.34. The number of nitrogens with zero attached hydrogens (tertiary/aromatic N) is 1. The number of benzene rings is 2. The van der Waals surface area contributed by atoms with Crippen LogP contribution in [0.25, 0.3) is 0 Å². The Labute approximate surface area is 150 Å². The number of carboxylic acid groups (broad SMARTS) is 1. The molecule has 0 saturated heterocycles. The van der Waals surface area contributed by atoms with Crippen molar-refractivity contribution in [1.82, 2.24) is 5.32 Å². The van der Waals surface area contributed by atoms with Crippen LogP contribution in [0.3, 0.4) is 0 Å². The molecule has 0 aliphatic heterocycles. The molecule has 7 heteroatoms. The fourth-order valence-electron chi connectivity index (χ4n) is 2.64. The van der Waals surface area contributed by atoms with Gasteiger partial charge in [-0.2, -0.15) is 0 Å². The molecular formula is C19H20N2O5. The summed E-state index contributed by atoms with van der Waals surface area (Å²) in [5, 5.41) is 22.9. The van der Waals surface area contributed by atoms with Gasteiger partial charge in [-0.1, -0.05) is 35.9 Å². The van der Waals surface area contributed by atoms with Gasteiger partial charge in [-0.3, -0.25) is 19.7 Å². The van der Waals surface area contributed by atoms with Gasteiger partial charge in [0, 0.05) is 23.7 Å². The minimum absolute atomic E-state index is 0.0657. The summed E-state index contributed by atoms with van der Waals surface area (Å²) < 4.78 is 0. The Kier molecular flexibility index (Phi) is 6.06. The van der Waals surface area contributed by atoms with Crippen molar-refractivity contribution in [2.75, 3.05) is 6.54 Å². The van der Waals surface area contributed by atoms with Crippen LogP contribution in [0.15, 0.2) is 42.5 Å². The minimum atomic E-state index is -1.01. The van der Waals surface area contributed by atoms with E-state index in [9.17, 15) is 24.8 Å². The number of nitro benzene ring substituents is 1. The average Bonchev–Trinajstić information content (AvgIpc) is 2.58. The van der Waals surface area contributed by atoms with E-state index >= 15 is 0 Å². The Balaban J connectivity index is 2.07. The Morgan fingerprint density at radius 1 is 1.19 bits per heavy atom. The maximum atomic E-state index is 12.2. The number of carboxylic acids is 1. The molecule has 0 fully saturated rings. The molecule has 0 radical (unpaired) electrons. The summed E-state index contributed by atoms with van der Waals surface area (Å²) in [7, 11) is 0. The highest BCUT2D eigenvalue weighted by atomic mass is 16.6. The van der Waals surface area contributed by atoms with Gasteiger partial charge in [0.1, 0.15) is 0 Å². The Morgan fingerprint density at radius 2 is 1.92 bits per heavy atom. The number of rotatable bonds is 7. The number of aliphatic carboxylic acids is 1. The van der Waals surface area contributed by atoms with E-state index in [1.165, 1.54) is 18.2 Å². The van der Waals surface area contributed by atoms with Crippen molar-refractivity contribution in [3.63, 3.8) is 0 Å². The van der Waals surface area contributed by atoms with Crippen LogP contribution < -0.4 is 5.32 Å². The highest BCUT2D eigenvalue weighted by molar-refractivity contribution is 5.95. The largest absolute Gasteiger partial charge is 0.481 e. The molecule has 2 N–H and O–H groups in total. The molecule has 0 saturated carbocycles. The van der Waals surface area contributed by atoms with Gasteiger partial charge in [-0.05, 0) is 31.9 Å². The molecule has 1 amide bonds. The monoisotopic (exact) mass is 356 g/mol. The first kappa shape index (κ1) is 19.1. The van der Waals surface area contributed by atoms with Gasteiger partial charge in [0.15, 0.2) is 0 Å². The lowest BCUT2D eigenvalue weighted by atomic mass is 9.98. The van der Waals surface area contributed by atoms with Gasteiger partial charge in [0.2, 0.25) is 0 Å². The second-order valence-electron chi connectivity index (χ2n) is 6.20. The molecule has 7 nitrogen and oxygen atoms in total. The Bertz CT molecular complexity index is 848. The zero-order chi connectivity index (χ0) is 19.3. The van der Waals surface area contributed by atoms with Crippen molar-refractivity contribution >= 4 is 17.6 Å². The SMILES string of the molecule is Cc1cccc(CC(CNC(=O)c2ccc(C)c([N+](=O)[O-])c2)C(=O)O)c1. The number of nitrogens with one attached hydrogen (secondary N) is 1. The third-order valence-corrected chi connectivity index (χ3v) is 4.09. The number of hydrogen-bond acceptors (Lipinski definition) is 4. The quantitative estimate of drug-likeness (QED) is 0.585. The van der Waals surface area contributed by atoms with Gasteiger partial charge < -0.3 is 10.4 Å². The molecule has 0 aromatic heterocycles. The standard InChI is InChI=1S/C19H20N2O5/c1-12-4-3-5-14(8-12)9-16(19(23)24)11-20-18(22)15-7-6-13(2)17(10-15)21(25)26/h3-8,10,16H,9,11H2,1-2H3,(H,20,22)(H,23,24). The molecule has 1 unspecified atom stereocenters. The van der Waals surface area contributed by atoms with E-state index in [0.29, 0.717) is 5.56 Å². The van der Waals surface area contributed by atoms with Crippen molar-refractivity contribution in [2.24, 2.45) is 5.92 Å². The first-order valence-electron chi connectivity index (χ1n) is 8.09. The Hall–Kier alpha value is -3.22. The first-order chi connectivity index (χ1) is 12.3. The van der Waals surface area contributed by atoms with Crippen LogP contribution in [0.5, 0.6) is 0 Å². The van der Waals surface area contributed by atoms with Crippen LogP contribution in [-0.4, -0.2) is 28.5 Å². The number of hydrogen-bond donors (Lipinski definition) is 2. The summed E-state index contributed by atoms with van der Waals surface area (Å²) in [5.74, 6) is -2.34. The van der Waals surface area contributed by atoms with E-state index < -0.39 is 22.7 Å². The molecule has 0 heterocycles. The second kappa shape index (κ2) is 8.24. The van der Waals surface area contributed by atoms with Crippen LogP contribution in [0, 0.1) is 29.9 Å². The average molecular weight is 356 g/mol. The molecule has 2 rings (SSSR count). The lowest BCUT2D eigenvalue weighted by Crippen LogP contribution is -2.34. The number of carbonyl (C=O) groups is 2. The molecule has 0 bridgehead atoms. The van der Waals surface area contributed by atoms with Gasteiger partial charge >= 0.3 is 5.97 Å². The van der Waals surface area contributed by atoms with Crippen molar-refractivity contribution in [3.8, 4) is 0 Å². The Morgan fingerprint density at radius 3 is 2.54 bits per heavy atom. The van der Waals surface area contributed by atoms with E-state index in [4.69, 9.17) is 0 Å². The van der Waals surface area contributed by atoms with Crippen LogP contribution in [0.4, 0.5) is 5.69 Å². The van der Waals surface area contributed by atoms with E-state index in [0.717, 1.165) is 11.1 Å². The molecule has 1 atom stereocenters. The first-order valence-corrected chi connectivity index (χ1v) is 8.09. The molecule has 136 valence electrons. The van der Waals surface area contributed by atoms with E-state index in [1.807, 2.05) is 31.2 Å². The summed E-state index contributed by atoms with van der Waals surface area (Å²) in [6, 6.07) is 11.7. The summed E-state index contributed by atoms with van der Waals surface area (Å²) >= 11 is 0. The molecule has 0 spiro atoms. The molecule has 0 aliphatic carbocycles. The highest BCUT2D eigenvalue weighted by Gasteiger charge is 2.20. The molecule has 0 aliphatic rings. The highest BCUT2D eigenvalue weighted by Crippen LogP contribution is 2.19. The number of aryl methyl sites for hydroxylation is 2. The number of carbonyl (C=O) groups excluding carboxylic acids is 1. The third kappa shape index (κ3) is 4.89. The van der Waals surface area contributed by atoms with E-state index in [1.54, 1.807) is 6.92 Å². The lowest BCUT2D eigenvalue weighted by Gasteiger charge is -2.14. The molecular weight excluding hydrogens is 336 g/mol. The normalized spacial score (nSPS) is 11.6. The van der Waals surface area contributed by atoms with Crippen molar-refractivity contribution in [2.45, 2.75) is 20.3 Å². The van der Waals surface area contributed by atoms with Crippen molar-refractivity contribution in [3.05, 3.63) is 74.8 Å². The fraction of sp³-hybridized carbons (Fsp3) is 0.263. The van der Waals surface area contributed by atoms with Gasteiger partial charge in [0.25, 0.3) is 11.6 Å². The van der Waals surface area contributed by atoms with Gasteiger partial charge in [-0.15, -0.1) is 0 Å². The van der Waals surface area contributed by atoms with E-state index in [2.05, 4.69) is 5.32 Å². The van der Waals surface area contributed by atoms with Crippen LogP contribution in [-0.2, 0) is 11.2 Å². The predicted octanol–water partition coefficient (Wildman–Crippen LogP) is 2.88. The maximum Gasteiger partial charge on any atom is 0.308 e. The maximum absolute atomic E-state index is 12.2. The summed E-state index contributed by atoms with van der Waals surface area (Å²) in [6.07, 6.45) is 0.283. The van der Waals surface area contributed by atoms with Crippen LogP contribution in [0.1, 0.15) is 27.0 Å². The number of nitro groups is 1. The number of amides is 1. The smallest absolute Gasteiger partial charge is 0.308 e. The van der Waals surface area contributed by atoms with Crippen LogP contribution >= 0.6 is 0 Å². The van der Waals surface area contributed by atoms with Crippen molar-refractivity contribution < 1.29 is 19.6 Å². The summed E-state index contributed by atoms with van der Waals surface area (Å²) in [6.45, 7) is 3.44. The molecule has 26 heavy (non-hydrogen) atoms. The zero-order valence-corrected chi connectivity index (χ0v) is 14.6. The van der Waals surface area contributed by atoms with Gasteiger partial charge in [-0.25, -0.2) is 0 Å². The topological polar surface area (TPSA) is 110 Å². The summed E-state index contributed by atoms with van der Waals surface area (Å²) in [4.78, 5) is 34.2. The molecule has 2 aromatic carbocycles. The van der Waals surface area contributed by atoms with Gasteiger partial charge in [0.05, 0.1) is 10.8 Å². The fourth-order valence-corrected chi connectivity index (χ4v) is 2.64.